The SMILES string of the molecule is Cc1nc(-c2nc(C)c3ccccc3n2)nc2ccccc12. The number of aromatic nitrogens is 4. The minimum absolute atomic E-state index is 0.574. The maximum atomic E-state index is 4.62. The van der Waals surface area contributed by atoms with Gasteiger partial charge in [-0.1, -0.05) is 36.4 Å². The number of fused-ring (bicyclic) bond motifs is 2. The van der Waals surface area contributed by atoms with Gasteiger partial charge in [0.1, 0.15) is 0 Å². The van der Waals surface area contributed by atoms with Gasteiger partial charge in [0.2, 0.25) is 0 Å². The van der Waals surface area contributed by atoms with Crippen LogP contribution in [0.1, 0.15) is 11.4 Å². The molecule has 0 N–H and O–H groups in total. The van der Waals surface area contributed by atoms with Crippen molar-refractivity contribution >= 4 is 21.8 Å². The van der Waals surface area contributed by atoms with E-state index in [0.29, 0.717) is 11.6 Å². The summed E-state index contributed by atoms with van der Waals surface area (Å²) in [4.78, 5) is 18.4. The van der Waals surface area contributed by atoms with Crippen molar-refractivity contribution < 1.29 is 0 Å². The highest BCUT2D eigenvalue weighted by Crippen LogP contribution is 2.22. The second-order valence-corrected chi connectivity index (χ2v) is 5.30. The molecule has 0 aliphatic carbocycles. The quantitative estimate of drug-likeness (QED) is 0.533. The Balaban J connectivity index is 1.99. The average molecular weight is 286 g/mol. The summed E-state index contributed by atoms with van der Waals surface area (Å²) < 4.78 is 0. The molecule has 4 nitrogen and oxygen atoms in total. The Hall–Kier alpha value is -2.88. The molecule has 0 unspecified atom stereocenters. The van der Waals surface area contributed by atoms with E-state index in [1.165, 1.54) is 0 Å². The lowest BCUT2D eigenvalue weighted by Gasteiger charge is -2.07. The van der Waals surface area contributed by atoms with E-state index in [1.807, 2.05) is 62.4 Å². The molecule has 4 aromatic rings. The Bertz CT molecular complexity index is 925. The first-order chi connectivity index (χ1) is 10.7. The Labute approximate surface area is 127 Å². The minimum atomic E-state index is 0.574. The van der Waals surface area contributed by atoms with E-state index in [9.17, 15) is 0 Å². The molecule has 0 saturated heterocycles. The fourth-order valence-electron chi connectivity index (χ4n) is 2.67. The summed E-state index contributed by atoms with van der Waals surface area (Å²) in [6.07, 6.45) is 0. The maximum absolute atomic E-state index is 4.62. The third-order valence-electron chi connectivity index (χ3n) is 3.79. The molecule has 0 aliphatic heterocycles. The van der Waals surface area contributed by atoms with Crippen LogP contribution < -0.4 is 0 Å². The van der Waals surface area contributed by atoms with Gasteiger partial charge in [0.05, 0.1) is 11.0 Å². The van der Waals surface area contributed by atoms with E-state index in [4.69, 9.17) is 0 Å². The Morgan fingerprint density at radius 1 is 0.545 bits per heavy atom. The topological polar surface area (TPSA) is 51.6 Å². The summed E-state index contributed by atoms with van der Waals surface area (Å²) in [6.45, 7) is 3.98. The van der Waals surface area contributed by atoms with Crippen LogP contribution in [0.15, 0.2) is 48.5 Å². The molecule has 4 heteroatoms. The van der Waals surface area contributed by atoms with Gasteiger partial charge in [0.15, 0.2) is 11.6 Å². The molecule has 0 radical (unpaired) electrons. The molecular weight excluding hydrogens is 272 g/mol. The first kappa shape index (κ1) is 12.8. The van der Waals surface area contributed by atoms with Crippen molar-refractivity contribution in [3.8, 4) is 11.6 Å². The summed E-state index contributed by atoms with van der Waals surface area (Å²) in [5.41, 5.74) is 3.71. The van der Waals surface area contributed by atoms with Gasteiger partial charge in [-0.3, -0.25) is 0 Å². The van der Waals surface area contributed by atoms with Gasteiger partial charge in [-0.05, 0) is 26.0 Å². The minimum Gasteiger partial charge on any atom is -0.230 e. The van der Waals surface area contributed by atoms with E-state index in [0.717, 1.165) is 33.2 Å². The van der Waals surface area contributed by atoms with Gasteiger partial charge in [0.25, 0.3) is 0 Å². The van der Waals surface area contributed by atoms with Gasteiger partial charge >= 0.3 is 0 Å². The highest BCUT2D eigenvalue weighted by atomic mass is 15.0. The summed E-state index contributed by atoms with van der Waals surface area (Å²) in [5.74, 6) is 1.15. The van der Waals surface area contributed by atoms with E-state index < -0.39 is 0 Å². The van der Waals surface area contributed by atoms with Crippen LogP contribution >= 0.6 is 0 Å². The summed E-state index contributed by atoms with van der Waals surface area (Å²) in [6, 6.07) is 16.0. The molecule has 2 aromatic heterocycles. The van der Waals surface area contributed by atoms with Crippen LogP contribution in [0.4, 0.5) is 0 Å². The van der Waals surface area contributed by atoms with Gasteiger partial charge in [-0.25, -0.2) is 19.9 Å². The lowest BCUT2D eigenvalue weighted by molar-refractivity contribution is 1.07. The number of para-hydroxylation sites is 2. The zero-order valence-corrected chi connectivity index (χ0v) is 12.4. The standard InChI is InChI=1S/C18H14N4/c1-11-13-7-3-5-9-15(13)21-17(19-11)18-20-12(2)14-8-4-6-10-16(14)22-18/h3-10H,1-2H3. The van der Waals surface area contributed by atoms with Crippen molar-refractivity contribution in [1.29, 1.82) is 0 Å². The molecule has 22 heavy (non-hydrogen) atoms. The van der Waals surface area contributed by atoms with Crippen molar-refractivity contribution in [3.05, 3.63) is 59.9 Å². The van der Waals surface area contributed by atoms with Crippen LogP contribution in [0.5, 0.6) is 0 Å². The molecule has 0 atom stereocenters. The lowest BCUT2D eigenvalue weighted by atomic mass is 10.2. The molecule has 0 saturated carbocycles. The Kier molecular flexibility index (Phi) is 2.82. The molecule has 106 valence electrons. The van der Waals surface area contributed by atoms with Crippen LogP contribution in [0.3, 0.4) is 0 Å². The highest BCUT2D eigenvalue weighted by molar-refractivity contribution is 5.84. The zero-order chi connectivity index (χ0) is 15.1. The lowest BCUT2D eigenvalue weighted by Crippen LogP contribution is -2.00. The maximum Gasteiger partial charge on any atom is 0.198 e. The molecule has 0 amide bonds. The van der Waals surface area contributed by atoms with Crippen molar-refractivity contribution in [1.82, 2.24) is 19.9 Å². The number of rotatable bonds is 1. The molecule has 0 fully saturated rings. The molecule has 0 spiro atoms. The highest BCUT2D eigenvalue weighted by Gasteiger charge is 2.11. The van der Waals surface area contributed by atoms with E-state index in [2.05, 4.69) is 19.9 Å². The van der Waals surface area contributed by atoms with Crippen LogP contribution in [-0.2, 0) is 0 Å². The van der Waals surface area contributed by atoms with Crippen LogP contribution in [0, 0.1) is 13.8 Å². The number of hydrogen-bond donors (Lipinski definition) is 0. The largest absolute Gasteiger partial charge is 0.230 e. The van der Waals surface area contributed by atoms with Crippen LogP contribution in [0.2, 0.25) is 0 Å². The van der Waals surface area contributed by atoms with Gasteiger partial charge in [-0.15, -0.1) is 0 Å². The second kappa shape index (κ2) is 4.84. The van der Waals surface area contributed by atoms with E-state index >= 15 is 0 Å². The fourth-order valence-corrected chi connectivity index (χ4v) is 2.67. The third kappa shape index (κ3) is 2.00. The first-order valence-electron chi connectivity index (χ1n) is 7.19. The molecule has 0 bridgehead atoms. The van der Waals surface area contributed by atoms with Crippen molar-refractivity contribution in [2.24, 2.45) is 0 Å². The van der Waals surface area contributed by atoms with E-state index in [-0.39, 0.29) is 0 Å². The van der Waals surface area contributed by atoms with Gasteiger partial charge < -0.3 is 0 Å². The molecule has 4 rings (SSSR count). The Morgan fingerprint density at radius 2 is 0.955 bits per heavy atom. The van der Waals surface area contributed by atoms with Crippen molar-refractivity contribution in [2.45, 2.75) is 13.8 Å². The molecule has 2 aromatic carbocycles. The predicted octanol–water partition coefficient (Wildman–Crippen LogP) is 3.86. The van der Waals surface area contributed by atoms with Crippen molar-refractivity contribution in [3.63, 3.8) is 0 Å². The number of aryl methyl sites for hydroxylation is 2. The van der Waals surface area contributed by atoms with Gasteiger partial charge in [0, 0.05) is 22.2 Å². The van der Waals surface area contributed by atoms with Crippen molar-refractivity contribution in [2.75, 3.05) is 0 Å². The first-order valence-corrected chi connectivity index (χ1v) is 7.19. The summed E-state index contributed by atoms with van der Waals surface area (Å²) in [7, 11) is 0. The monoisotopic (exact) mass is 286 g/mol. The summed E-state index contributed by atoms with van der Waals surface area (Å²) in [5, 5.41) is 2.12. The number of benzene rings is 2. The zero-order valence-electron chi connectivity index (χ0n) is 12.4. The molecule has 0 aliphatic rings. The Morgan fingerprint density at radius 3 is 1.41 bits per heavy atom. The van der Waals surface area contributed by atoms with Crippen LogP contribution in [0.25, 0.3) is 33.5 Å². The second-order valence-electron chi connectivity index (χ2n) is 5.30. The number of hydrogen-bond acceptors (Lipinski definition) is 4. The summed E-state index contributed by atoms with van der Waals surface area (Å²) >= 11 is 0. The third-order valence-corrected chi connectivity index (χ3v) is 3.79. The van der Waals surface area contributed by atoms with E-state index in [1.54, 1.807) is 0 Å². The molecule has 2 heterocycles. The average Bonchev–Trinajstić information content (AvgIpc) is 2.55. The van der Waals surface area contributed by atoms with Gasteiger partial charge in [-0.2, -0.15) is 0 Å². The predicted molar refractivity (Wildman–Crippen MR) is 87.5 cm³/mol. The number of nitrogens with zero attached hydrogens (tertiary/aromatic N) is 4. The van der Waals surface area contributed by atoms with Crippen LogP contribution in [-0.4, -0.2) is 19.9 Å². The molecular formula is C18H14N4. The normalized spacial score (nSPS) is 11.2. The smallest absolute Gasteiger partial charge is 0.198 e. The fraction of sp³-hybridized carbons (Fsp3) is 0.111.